The molecule has 2 aromatic rings. The first-order chi connectivity index (χ1) is 18.9. The molecule has 0 bridgehead atoms. The molecule has 11 heteroatoms. The maximum absolute atomic E-state index is 13.9. The minimum atomic E-state index is -2.66. The topological polar surface area (TPSA) is 186 Å². The number of nitrogens with zero attached hydrogens (tertiary/aromatic N) is 2. The van der Waals surface area contributed by atoms with Gasteiger partial charge in [0.2, 0.25) is 5.78 Å². The van der Waals surface area contributed by atoms with Crippen molar-refractivity contribution >= 4 is 35.3 Å². The number of hydrogen-bond donors (Lipinski definition) is 6. The Balaban J connectivity index is 1.67. The predicted molar refractivity (Wildman–Crippen MR) is 148 cm³/mol. The number of likely N-dealkylation sites (N-methyl/N-ethyl adjacent to an activating group) is 1. The first kappa shape index (κ1) is 27.1. The summed E-state index contributed by atoms with van der Waals surface area (Å²) in [6.07, 6.45) is 1.79. The summed E-state index contributed by atoms with van der Waals surface area (Å²) in [7, 11) is 4.77. The highest BCUT2D eigenvalue weighted by molar-refractivity contribution is 6.24. The molecule has 1 amide bonds. The van der Waals surface area contributed by atoms with E-state index in [4.69, 9.17) is 5.73 Å². The van der Waals surface area contributed by atoms with E-state index in [0.29, 0.717) is 5.56 Å². The van der Waals surface area contributed by atoms with Crippen molar-refractivity contribution in [1.29, 1.82) is 0 Å². The summed E-state index contributed by atoms with van der Waals surface area (Å²) >= 11 is 0. The van der Waals surface area contributed by atoms with E-state index >= 15 is 0 Å². The van der Waals surface area contributed by atoms with Crippen LogP contribution in [0, 0.1) is 11.8 Å². The van der Waals surface area contributed by atoms with Gasteiger partial charge in [-0.25, -0.2) is 0 Å². The van der Waals surface area contributed by atoms with Crippen LogP contribution in [-0.2, 0) is 20.8 Å². The Hall–Kier alpha value is -4.48. The van der Waals surface area contributed by atoms with Crippen molar-refractivity contribution in [3.63, 3.8) is 0 Å². The van der Waals surface area contributed by atoms with Gasteiger partial charge in [0.25, 0.3) is 5.91 Å². The maximum atomic E-state index is 13.9. The standard InChI is InChI=1S/C29H30N4O7/c1-31-12-32-15-6-4-13(5-7-15)16-8-9-19(34)21-17(16)10-14-11-18-23(33(2)3)25(36)22(28(30)39)27(38)29(18,40)26(37)20(14)24(21)35/h4-9,12,14,18,23,34-35,38,40H,10-11H2,1-3H3,(H2,30,39)(H,31,32)/t14-,18-,23-,29-/m0/s1. The summed E-state index contributed by atoms with van der Waals surface area (Å²) in [5.74, 6) is -6.76. The van der Waals surface area contributed by atoms with Gasteiger partial charge in [-0.1, -0.05) is 18.2 Å². The van der Waals surface area contributed by atoms with Crippen molar-refractivity contribution in [2.45, 2.75) is 24.5 Å². The third kappa shape index (κ3) is 3.81. The molecule has 5 rings (SSSR count). The fraction of sp³-hybridized carbons (Fsp3) is 0.310. The van der Waals surface area contributed by atoms with E-state index in [-0.39, 0.29) is 29.7 Å². The van der Waals surface area contributed by atoms with Crippen LogP contribution in [0.4, 0.5) is 5.69 Å². The number of phenols is 1. The van der Waals surface area contributed by atoms with Crippen LogP contribution >= 0.6 is 0 Å². The van der Waals surface area contributed by atoms with Crippen LogP contribution in [0.2, 0.25) is 0 Å². The molecule has 0 aromatic heterocycles. The Morgan fingerprint density at radius 3 is 2.40 bits per heavy atom. The quantitative estimate of drug-likeness (QED) is 0.184. The number of primary amides is 1. The molecule has 7 N–H and O–H groups in total. The van der Waals surface area contributed by atoms with Gasteiger partial charge in [-0.15, -0.1) is 0 Å². The smallest absolute Gasteiger partial charge is 0.255 e. The highest BCUT2D eigenvalue weighted by Crippen LogP contribution is 2.53. The van der Waals surface area contributed by atoms with Crippen molar-refractivity contribution in [2.24, 2.45) is 22.6 Å². The van der Waals surface area contributed by atoms with Gasteiger partial charge in [-0.3, -0.25) is 24.3 Å². The molecule has 0 saturated heterocycles. The number of Topliss-reactive ketones (excluding diaryl/α,β-unsaturated/α-hetero) is 2. The van der Waals surface area contributed by atoms with E-state index in [1.807, 2.05) is 24.3 Å². The number of fused-ring (bicyclic) bond motifs is 3. The minimum Gasteiger partial charge on any atom is -0.508 e. The van der Waals surface area contributed by atoms with Crippen LogP contribution in [0.5, 0.6) is 5.75 Å². The monoisotopic (exact) mass is 546 g/mol. The van der Waals surface area contributed by atoms with E-state index in [0.717, 1.165) is 16.8 Å². The van der Waals surface area contributed by atoms with E-state index in [2.05, 4.69) is 10.3 Å². The summed E-state index contributed by atoms with van der Waals surface area (Å²) in [5, 5.41) is 47.8. The van der Waals surface area contributed by atoms with Crippen LogP contribution < -0.4 is 11.1 Å². The normalized spacial score (nSPS) is 26.2. The van der Waals surface area contributed by atoms with Crippen LogP contribution in [0.25, 0.3) is 16.9 Å². The molecule has 0 heterocycles. The molecule has 2 aromatic carbocycles. The van der Waals surface area contributed by atoms with Gasteiger partial charge in [-0.2, -0.15) is 0 Å². The predicted octanol–water partition coefficient (Wildman–Crippen LogP) is 1.70. The van der Waals surface area contributed by atoms with Crippen LogP contribution in [0.3, 0.4) is 0 Å². The molecule has 1 fully saturated rings. The number of aliphatic imine (C=N–C) groups is 1. The minimum absolute atomic E-state index is 0.0278. The number of anilines is 1. The first-order valence-electron chi connectivity index (χ1n) is 12.7. The zero-order valence-corrected chi connectivity index (χ0v) is 22.2. The molecular formula is C29H30N4O7. The number of rotatable bonds is 5. The number of phenolic OH excluding ortho intramolecular Hbond substituents is 1. The highest BCUT2D eigenvalue weighted by Gasteiger charge is 2.64. The summed E-state index contributed by atoms with van der Waals surface area (Å²) in [6.45, 7) is 0. The number of carbonyl (C=O) groups excluding carboxylic acids is 3. The zero-order valence-electron chi connectivity index (χ0n) is 22.2. The number of ketones is 2. The Morgan fingerprint density at radius 1 is 1.12 bits per heavy atom. The summed E-state index contributed by atoms with van der Waals surface area (Å²) in [4.78, 5) is 44.6. The number of nitrogens with one attached hydrogen (secondary N) is 1. The lowest BCUT2D eigenvalue weighted by molar-refractivity contribution is -0.153. The number of aliphatic hydroxyl groups excluding tert-OH is 2. The van der Waals surface area contributed by atoms with Crippen LogP contribution in [0.15, 0.2) is 58.3 Å². The number of amides is 1. The molecule has 11 nitrogen and oxygen atoms in total. The maximum Gasteiger partial charge on any atom is 0.255 e. The van der Waals surface area contributed by atoms with Gasteiger partial charge in [0.15, 0.2) is 11.4 Å². The third-order valence-electron chi connectivity index (χ3n) is 8.16. The van der Waals surface area contributed by atoms with Gasteiger partial charge in [0, 0.05) is 24.2 Å². The fourth-order valence-corrected chi connectivity index (χ4v) is 6.40. The first-order valence-corrected chi connectivity index (χ1v) is 12.7. The highest BCUT2D eigenvalue weighted by atomic mass is 16.3. The fourth-order valence-electron chi connectivity index (χ4n) is 6.40. The van der Waals surface area contributed by atoms with E-state index < -0.39 is 58.0 Å². The van der Waals surface area contributed by atoms with Crippen LogP contribution in [-0.4, -0.2) is 81.9 Å². The summed E-state index contributed by atoms with van der Waals surface area (Å²) < 4.78 is 0. The van der Waals surface area contributed by atoms with Crippen molar-refractivity contribution in [1.82, 2.24) is 4.90 Å². The molecule has 3 aliphatic rings. The number of nitrogens with two attached hydrogens (primary N) is 1. The second-order valence-electron chi connectivity index (χ2n) is 10.6. The van der Waals surface area contributed by atoms with Crippen molar-refractivity contribution in [3.05, 3.63) is 64.4 Å². The second kappa shape index (κ2) is 9.61. The third-order valence-corrected chi connectivity index (χ3v) is 8.16. The Bertz CT molecular complexity index is 1540. The Labute approximate surface area is 230 Å². The molecule has 208 valence electrons. The van der Waals surface area contributed by atoms with E-state index in [9.17, 15) is 34.8 Å². The molecule has 0 radical (unpaired) electrons. The largest absolute Gasteiger partial charge is 0.508 e. The second-order valence-corrected chi connectivity index (χ2v) is 10.6. The van der Waals surface area contributed by atoms with Crippen molar-refractivity contribution in [3.8, 4) is 16.9 Å². The average Bonchev–Trinajstić information content (AvgIpc) is 2.89. The molecule has 0 spiro atoms. The zero-order chi connectivity index (χ0) is 29.1. The molecule has 0 aliphatic heterocycles. The number of carbonyl (C=O) groups is 3. The van der Waals surface area contributed by atoms with Gasteiger partial charge in [0.05, 0.1) is 17.9 Å². The Morgan fingerprint density at radius 2 is 1.80 bits per heavy atom. The van der Waals surface area contributed by atoms with Gasteiger partial charge in [0.1, 0.15) is 22.8 Å². The van der Waals surface area contributed by atoms with Gasteiger partial charge < -0.3 is 31.5 Å². The SMILES string of the molecule is CN=CNc1ccc(-c2ccc(O)c3c2C[C@H]2C[C@H]4[C@H](N(C)C)C(=O)C(C(N)=O)=C(O)[C@@]4(O)C(=O)C2=C3O)cc1. The molecule has 3 aliphatic carbocycles. The molecule has 1 saturated carbocycles. The number of benzene rings is 2. The molecular weight excluding hydrogens is 516 g/mol. The lowest BCUT2D eigenvalue weighted by Gasteiger charge is -2.50. The number of aliphatic hydroxyl groups is 3. The number of hydrogen-bond acceptors (Lipinski definition) is 9. The summed E-state index contributed by atoms with van der Waals surface area (Å²) in [6, 6.07) is 9.45. The lowest BCUT2D eigenvalue weighted by Crippen LogP contribution is -2.65. The lowest BCUT2D eigenvalue weighted by atomic mass is 9.57. The molecule has 40 heavy (non-hydrogen) atoms. The van der Waals surface area contributed by atoms with Crippen LogP contribution in [0.1, 0.15) is 17.5 Å². The van der Waals surface area contributed by atoms with Crippen molar-refractivity contribution in [2.75, 3.05) is 26.5 Å². The van der Waals surface area contributed by atoms with E-state index in [1.165, 1.54) is 11.0 Å². The Kier molecular flexibility index (Phi) is 6.51. The molecule has 4 atom stereocenters. The van der Waals surface area contributed by atoms with Gasteiger partial charge in [-0.05, 0) is 67.7 Å². The summed E-state index contributed by atoms with van der Waals surface area (Å²) in [5.41, 5.74) is 4.66. The number of aromatic hydroxyl groups is 1. The van der Waals surface area contributed by atoms with E-state index in [1.54, 1.807) is 33.5 Å². The van der Waals surface area contributed by atoms with Crippen molar-refractivity contribution < 1.29 is 34.8 Å². The average molecular weight is 547 g/mol. The molecule has 0 unspecified atom stereocenters. The van der Waals surface area contributed by atoms with Gasteiger partial charge >= 0.3 is 0 Å².